The number of carbonyl (C=O) groups is 1. The molecule has 1 aliphatic heterocycles. The highest BCUT2D eigenvalue weighted by Gasteiger charge is 2.48. The van der Waals surface area contributed by atoms with Gasteiger partial charge < -0.3 is 13.8 Å². The lowest BCUT2D eigenvalue weighted by atomic mass is 9.97. The molecule has 0 aromatic carbocycles. The molecule has 116 valence electrons. The van der Waals surface area contributed by atoms with Crippen molar-refractivity contribution in [2.75, 3.05) is 13.1 Å². The van der Waals surface area contributed by atoms with E-state index in [9.17, 15) is 4.79 Å². The summed E-state index contributed by atoms with van der Waals surface area (Å²) in [4.78, 5) is 18.9. The molecule has 1 saturated carbocycles. The maximum absolute atomic E-state index is 12.7. The van der Waals surface area contributed by atoms with E-state index in [-0.39, 0.29) is 23.7 Å². The van der Waals surface area contributed by atoms with E-state index in [4.69, 9.17) is 8.94 Å². The van der Waals surface area contributed by atoms with E-state index >= 15 is 0 Å². The SMILES string of the molecule is Cc1noc([C@@H]2CCCN(C(=O)[C@H]3C[C@@H]3c3ccco3)C2)n1. The summed E-state index contributed by atoms with van der Waals surface area (Å²) in [5.41, 5.74) is 0. The summed E-state index contributed by atoms with van der Waals surface area (Å²) < 4.78 is 10.7. The molecule has 0 unspecified atom stereocenters. The molecule has 6 nitrogen and oxygen atoms in total. The van der Waals surface area contributed by atoms with E-state index in [2.05, 4.69) is 10.1 Å². The third-order valence-electron chi connectivity index (χ3n) is 4.64. The van der Waals surface area contributed by atoms with Crippen LogP contribution >= 0.6 is 0 Å². The highest BCUT2D eigenvalue weighted by molar-refractivity contribution is 5.83. The largest absolute Gasteiger partial charge is 0.469 e. The van der Waals surface area contributed by atoms with E-state index < -0.39 is 0 Å². The Morgan fingerprint density at radius 2 is 2.36 bits per heavy atom. The zero-order chi connectivity index (χ0) is 15.1. The quantitative estimate of drug-likeness (QED) is 0.871. The van der Waals surface area contributed by atoms with Crippen LogP contribution in [0.2, 0.25) is 0 Å². The molecule has 1 saturated heterocycles. The number of furan rings is 1. The van der Waals surface area contributed by atoms with Crippen molar-refractivity contribution in [3.63, 3.8) is 0 Å². The topological polar surface area (TPSA) is 72.4 Å². The van der Waals surface area contributed by atoms with Crippen LogP contribution in [0.1, 0.15) is 48.6 Å². The normalized spacial score (nSPS) is 27.9. The average Bonchev–Trinajstić information content (AvgIpc) is 2.95. The van der Waals surface area contributed by atoms with Gasteiger partial charge in [0.25, 0.3) is 0 Å². The third kappa shape index (κ3) is 2.42. The molecular formula is C16H19N3O3. The number of carbonyl (C=O) groups excluding carboxylic acids is 1. The molecule has 0 bridgehead atoms. The van der Waals surface area contributed by atoms with Crippen LogP contribution in [0.25, 0.3) is 0 Å². The fourth-order valence-corrected chi connectivity index (χ4v) is 3.38. The Morgan fingerprint density at radius 3 is 3.09 bits per heavy atom. The van der Waals surface area contributed by atoms with E-state index in [1.807, 2.05) is 24.0 Å². The summed E-state index contributed by atoms with van der Waals surface area (Å²) in [6, 6.07) is 3.84. The van der Waals surface area contributed by atoms with Crippen LogP contribution < -0.4 is 0 Å². The molecule has 1 aliphatic carbocycles. The minimum absolute atomic E-state index is 0.0781. The molecule has 0 N–H and O–H groups in total. The molecule has 2 fully saturated rings. The molecular weight excluding hydrogens is 282 g/mol. The lowest BCUT2D eigenvalue weighted by Gasteiger charge is -2.31. The minimum Gasteiger partial charge on any atom is -0.469 e. The van der Waals surface area contributed by atoms with Crippen LogP contribution in [0.3, 0.4) is 0 Å². The smallest absolute Gasteiger partial charge is 0.231 e. The van der Waals surface area contributed by atoms with E-state index in [1.165, 1.54) is 0 Å². The van der Waals surface area contributed by atoms with Gasteiger partial charge in [-0.2, -0.15) is 4.98 Å². The molecule has 3 heterocycles. The number of aryl methyl sites for hydroxylation is 1. The Kier molecular flexibility index (Phi) is 3.24. The van der Waals surface area contributed by atoms with Crippen LogP contribution in [0.4, 0.5) is 0 Å². The maximum atomic E-state index is 12.7. The molecule has 2 aromatic rings. The predicted molar refractivity (Wildman–Crippen MR) is 77.1 cm³/mol. The Morgan fingerprint density at radius 1 is 1.45 bits per heavy atom. The van der Waals surface area contributed by atoms with Gasteiger partial charge in [0.15, 0.2) is 5.82 Å². The van der Waals surface area contributed by atoms with Crippen molar-refractivity contribution in [2.45, 2.75) is 38.0 Å². The van der Waals surface area contributed by atoms with Crippen LogP contribution in [-0.4, -0.2) is 34.0 Å². The second-order valence-corrected chi connectivity index (χ2v) is 6.27. The second-order valence-electron chi connectivity index (χ2n) is 6.27. The summed E-state index contributed by atoms with van der Waals surface area (Å²) in [6.07, 6.45) is 4.55. The van der Waals surface area contributed by atoms with Gasteiger partial charge in [0.1, 0.15) is 5.76 Å². The van der Waals surface area contributed by atoms with Gasteiger partial charge in [0.2, 0.25) is 11.8 Å². The molecule has 6 heteroatoms. The van der Waals surface area contributed by atoms with Gasteiger partial charge >= 0.3 is 0 Å². The molecule has 2 aliphatic rings. The summed E-state index contributed by atoms with van der Waals surface area (Å²) in [6.45, 7) is 3.32. The Hall–Kier alpha value is -2.11. The fourth-order valence-electron chi connectivity index (χ4n) is 3.38. The standard InChI is InChI=1S/C16H19N3O3/c1-10-17-15(22-18-10)11-4-2-6-19(9-11)16(20)13-8-12(13)14-5-3-7-21-14/h3,5,7,11-13H,2,4,6,8-9H2,1H3/t11-,12+,13+/m1/s1. The van der Waals surface area contributed by atoms with Gasteiger partial charge in [-0.15, -0.1) is 0 Å². The van der Waals surface area contributed by atoms with Crippen molar-refractivity contribution in [3.05, 3.63) is 35.9 Å². The zero-order valence-corrected chi connectivity index (χ0v) is 12.6. The first-order valence-electron chi connectivity index (χ1n) is 7.85. The molecule has 2 aromatic heterocycles. The fraction of sp³-hybridized carbons (Fsp3) is 0.562. The van der Waals surface area contributed by atoms with Crippen molar-refractivity contribution < 1.29 is 13.7 Å². The van der Waals surface area contributed by atoms with Crippen LogP contribution in [0, 0.1) is 12.8 Å². The molecule has 1 amide bonds. The lowest BCUT2D eigenvalue weighted by molar-refractivity contribution is -0.134. The first-order chi connectivity index (χ1) is 10.7. The Labute approximate surface area is 128 Å². The van der Waals surface area contributed by atoms with Crippen molar-refractivity contribution >= 4 is 5.91 Å². The van der Waals surface area contributed by atoms with E-state index in [1.54, 1.807) is 6.26 Å². The van der Waals surface area contributed by atoms with Crippen molar-refractivity contribution in [1.29, 1.82) is 0 Å². The number of hydrogen-bond acceptors (Lipinski definition) is 5. The number of aromatic nitrogens is 2. The van der Waals surface area contributed by atoms with Gasteiger partial charge in [-0.25, -0.2) is 0 Å². The van der Waals surface area contributed by atoms with E-state index in [0.29, 0.717) is 18.3 Å². The Bertz CT molecular complexity index is 664. The van der Waals surface area contributed by atoms with Crippen molar-refractivity contribution in [1.82, 2.24) is 15.0 Å². The second kappa shape index (κ2) is 5.26. The number of hydrogen-bond donors (Lipinski definition) is 0. The van der Waals surface area contributed by atoms with Crippen molar-refractivity contribution in [3.8, 4) is 0 Å². The summed E-state index contributed by atoms with van der Waals surface area (Å²) >= 11 is 0. The molecule has 22 heavy (non-hydrogen) atoms. The van der Waals surface area contributed by atoms with Gasteiger partial charge in [0, 0.05) is 24.9 Å². The van der Waals surface area contributed by atoms with Gasteiger partial charge in [-0.05, 0) is 38.3 Å². The van der Waals surface area contributed by atoms with Crippen LogP contribution in [0.15, 0.2) is 27.3 Å². The van der Waals surface area contributed by atoms with Gasteiger partial charge in [0.05, 0.1) is 12.2 Å². The van der Waals surface area contributed by atoms with E-state index in [0.717, 1.165) is 31.6 Å². The molecule has 0 spiro atoms. The monoisotopic (exact) mass is 301 g/mol. The summed E-state index contributed by atoms with van der Waals surface area (Å²) in [7, 11) is 0. The van der Waals surface area contributed by atoms with Gasteiger partial charge in [-0.3, -0.25) is 4.79 Å². The molecule has 4 rings (SSSR count). The number of likely N-dealkylation sites (tertiary alicyclic amines) is 1. The predicted octanol–water partition coefficient (Wildman–Crippen LogP) is 2.48. The summed E-state index contributed by atoms with van der Waals surface area (Å²) in [5.74, 6) is 2.98. The number of amides is 1. The lowest BCUT2D eigenvalue weighted by Crippen LogP contribution is -2.40. The Balaban J connectivity index is 1.41. The average molecular weight is 301 g/mol. The van der Waals surface area contributed by atoms with Crippen LogP contribution in [-0.2, 0) is 4.79 Å². The van der Waals surface area contributed by atoms with Gasteiger partial charge in [-0.1, -0.05) is 5.16 Å². The number of rotatable bonds is 3. The minimum atomic E-state index is 0.0781. The maximum Gasteiger partial charge on any atom is 0.231 e. The highest BCUT2D eigenvalue weighted by atomic mass is 16.5. The van der Waals surface area contributed by atoms with Crippen LogP contribution in [0.5, 0.6) is 0 Å². The first-order valence-corrected chi connectivity index (χ1v) is 7.85. The highest BCUT2D eigenvalue weighted by Crippen LogP contribution is 2.49. The summed E-state index contributed by atoms with van der Waals surface area (Å²) in [5, 5.41) is 3.85. The molecule has 3 atom stereocenters. The molecule has 0 radical (unpaired) electrons. The zero-order valence-electron chi connectivity index (χ0n) is 12.6. The number of piperidine rings is 1. The number of nitrogens with zero attached hydrogens (tertiary/aromatic N) is 3. The third-order valence-corrected chi connectivity index (χ3v) is 4.64. The first kappa shape index (κ1) is 13.5. The van der Waals surface area contributed by atoms with Crippen molar-refractivity contribution in [2.24, 2.45) is 5.92 Å².